The van der Waals surface area contributed by atoms with Crippen LogP contribution in [0.4, 0.5) is 0 Å². The molecule has 0 aliphatic carbocycles. The summed E-state index contributed by atoms with van der Waals surface area (Å²) < 4.78 is 13.0. The topological polar surface area (TPSA) is 58.6 Å². The quantitative estimate of drug-likeness (QED) is 0.669. The van der Waals surface area contributed by atoms with Crippen LogP contribution < -0.4 is 43.5 Å². The first-order chi connectivity index (χ1) is 11.9. The molecule has 0 N–H and O–H groups in total. The van der Waals surface area contributed by atoms with Gasteiger partial charge >= 0.3 is 29.6 Å². The van der Waals surface area contributed by atoms with Gasteiger partial charge in [-0.2, -0.15) is 0 Å². The molecule has 28 heavy (non-hydrogen) atoms. The Morgan fingerprint density at radius 1 is 0.857 bits per heavy atom. The minimum atomic E-state index is -1.86. The van der Waals surface area contributed by atoms with Crippen LogP contribution in [0.3, 0.4) is 0 Å². The molecular weight excluding hydrogens is 395 g/mol. The van der Waals surface area contributed by atoms with E-state index in [0.29, 0.717) is 0 Å². The van der Waals surface area contributed by atoms with Crippen LogP contribution in [-0.2, 0) is 4.79 Å². The average Bonchev–Trinajstić information content (AvgIpc) is 2.47. The number of benzene rings is 1. The Hall–Kier alpha value is -0.276. The summed E-state index contributed by atoms with van der Waals surface area (Å²) in [7, 11) is -3.73. The van der Waals surface area contributed by atoms with Gasteiger partial charge in [0.2, 0.25) is 0 Å². The fraction of sp³-hybridized carbons (Fsp3) is 0.667. The van der Waals surface area contributed by atoms with Gasteiger partial charge in [-0.05, 0) is 54.8 Å². The number of hydrogen-bond acceptors (Lipinski definition) is 4. The molecule has 0 atom stereocenters. The van der Waals surface area contributed by atoms with E-state index in [1.807, 2.05) is 24.3 Å². The van der Waals surface area contributed by atoms with Crippen molar-refractivity contribution in [3.05, 3.63) is 24.3 Å². The molecule has 0 amide bonds. The first-order valence-electron chi connectivity index (χ1n) is 9.61. The molecule has 7 heteroatoms. The van der Waals surface area contributed by atoms with Crippen LogP contribution in [0.25, 0.3) is 0 Å². The van der Waals surface area contributed by atoms with Crippen molar-refractivity contribution < 1.29 is 48.3 Å². The minimum absolute atomic E-state index is 0. The van der Waals surface area contributed by atoms with E-state index in [9.17, 15) is 9.90 Å². The molecule has 1 aromatic carbocycles. The van der Waals surface area contributed by atoms with Crippen molar-refractivity contribution in [3.8, 4) is 11.5 Å². The van der Waals surface area contributed by atoms with Gasteiger partial charge in [0.05, 0.1) is 0 Å². The summed E-state index contributed by atoms with van der Waals surface area (Å²) in [6.07, 6.45) is 0.111. The maximum Gasteiger partial charge on any atom is 1.00 e. The first kappa shape index (κ1) is 29.9. The van der Waals surface area contributed by atoms with Gasteiger partial charge in [-0.25, -0.2) is 0 Å². The third-order valence-electron chi connectivity index (χ3n) is 5.48. The van der Waals surface area contributed by atoms with Gasteiger partial charge in [0, 0.05) is 5.97 Å². The Labute approximate surface area is 197 Å². The number of carbonyl (C=O) groups is 1. The van der Waals surface area contributed by atoms with E-state index >= 15 is 0 Å². The summed E-state index contributed by atoms with van der Waals surface area (Å²) in [5.41, 5.74) is 0. The Kier molecular flexibility index (Phi) is 12.0. The molecule has 1 rings (SSSR count). The minimum Gasteiger partial charge on any atom is -0.550 e. The van der Waals surface area contributed by atoms with Crippen molar-refractivity contribution in [2.24, 2.45) is 0 Å². The van der Waals surface area contributed by atoms with Gasteiger partial charge in [-0.15, -0.1) is 0 Å². The second-order valence-electron chi connectivity index (χ2n) is 9.90. The molecule has 0 saturated carbocycles. The Bertz CT molecular complexity index is 571. The molecule has 0 bridgehead atoms. The van der Waals surface area contributed by atoms with Crippen LogP contribution >= 0.6 is 0 Å². The van der Waals surface area contributed by atoms with Crippen molar-refractivity contribution >= 4 is 22.6 Å². The third kappa shape index (κ3) is 9.48. The number of para-hydroxylation sites is 2. The van der Waals surface area contributed by atoms with Crippen LogP contribution in [0.15, 0.2) is 24.3 Å². The van der Waals surface area contributed by atoms with E-state index in [4.69, 9.17) is 8.85 Å². The zero-order chi connectivity index (χ0) is 21.7. The number of rotatable bonds is 5. The molecule has 0 unspecified atom stereocenters. The molecule has 1 aromatic rings. The fourth-order valence-corrected chi connectivity index (χ4v) is 3.52. The molecule has 0 aliphatic heterocycles. The standard InChI is InChI=1S/C18H34O2Si2.C3H6O2.Na/c1-17(2,3)21(7,8)19-15-13-11-12-14-16(15)20-22(9,10)18(4,5)6;1-2-3(4)5;/h11-14H,1-10H3;2H2,1H3,(H,4,5);/q;;+1/p-1. The second kappa shape index (κ2) is 11.2. The summed E-state index contributed by atoms with van der Waals surface area (Å²) in [5, 5.41) is 9.61. The maximum atomic E-state index is 9.26. The summed E-state index contributed by atoms with van der Waals surface area (Å²) in [4.78, 5) is 9.26. The van der Waals surface area contributed by atoms with Crippen LogP contribution in [0.2, 0.25) is 36.3 Å². The van der Waals surface area contributed by atoms with Crippen LogP contribution in [0.1, 0.15) is 54.9 Å². The molecule has 0 spiro atoms. The molecule has 0 aliphatic rings. The fourth-order valence-electron chi connectivity index (χ4n) is 1.47. The van der Waals surface area contributed by atoms with Crippen LogP contribution in [-0.4, -0.2) is 22.6 Å². The first-order valence-corrected chi connectivity index (χ1v) is 15.4. The van der Waals surface area contributed by atoms with Crippen molar-refractivity contribution in [1.82, 2.24) is 0 Å². The SMILES string of the molecule is CC(C)(C)[Si](C)(C)Oc1ccccc1O[Si](C)(C)C(C)(C)C.CCC(=O)[O-].[Na+]. The van der Waals surface area contributed by atoms with Crippen LogP contribution in [0.5, 0.6) is 11.5 Å². The summed E-state index contributed by atoms with van der Waals surface area (Å²) in [6, 6.07) is 8.15. The number of hydrogen-bond donors (Lipinski definition) is 0. The molecule has 0 aromatic heterocycles. The van der Waals surface area contributed by atoms with Crippen molar-refractivity contribution in [2.75, 3.05) is 0 Å². The Morgan fingerprint density at radius 3 is 1.29 bits per heavy atom. The second-order valence-corrected chi connectivity index (χ2v) is 19.3. The number of carboxylic acid groups (broad SMARTS) is 1. The smallest absolute Gasteiger partial charge is 0.550 e. The molecular formula is C21H39NaO4Si2. The zero-order valence-electron chi connectivity index (χ0n) is 20.1. The van der Waals surface area contributed by atoms with E-state index in [-0.39, 0.29) is 46.1 Å². The van der Waals surface area contributed by atoms with E-state index in [1.165, 1.54) is 6.92 Å². The molecule has 0 radical (unpaired) electrons. The maximum absolute atomic E-state index is 9.26. The van der Waals surface area contributed by atoms with Gasteiger partial charge in [-0.3, -0.25) is 0 Å². The molecule has 4 nitrogen and oxygen atoms in total. The van der Waals surface area contributed by atoms with Gasteiger partial charge in [-0.1, -0.05) is 60.6 Å². The predicted octanol–water partition coefficient (Wildman–Crippen LogP) is 2.60. The van der Waals surface area contributed by atoms with E-state index in [0.717, 1.165) is 11.5 Å². The molecule has 156 valence electrons. The molecule has 0 saturated heterocycles. The van der Waals surface area contributed by atoms with Gasteiger partial charge in [0.15, 0.2) is 0 Å². The van der Waals surface area contributed by atoms with Gasteiger partial charge in [0.25, 0.3) is 16.6 Å². The monoisotopic (exact) mass is 434 g/mol. The predicted molar refractivity (Wildman–Crippen MR) is 117 cm³/mol. The zero-order valence-corrected chi connectivity index (χ0v) is 24.1. The van der Waals surface area contributed by atoms with E-state index < -0.39 is 22.6 Å². The summed E-state index contributed by atoms with van der Waals surface area (Å²) >= 11 is 0. The largest absolute Gasteiger partial charge is 1.00 e. The number of carbonyl (C=O) groups excluding carboxylic acids is 1. The third-order valence-corrected chi connectivity index (χ3v) is 14.2. The Morgan fingerprint density at radius 2 is 1.11 bits per heavy atom. The Balaban J connectivity index is 0. The molecule has 0 heterocycles. The summed E-state index contributed by atoms with van der Waals surface area (Å²) in [5.74, 6) is 0.808. The van der Waals surface area contributed by atoms with Gasteiger partial charge < -0.3 is 18.8 Å². The average molecular weight is 435 g/mol. The van der Waals surface area contributed by atoms with Crippen molar-refractivity contribution in [1.29, 1.82) is 0 Å². The van der Waals surface area contributed by atoms with Crippen LogP contribution in [0, 0.1) is 0 Å². The molecule has 0 fully saturated rings. The van der Waals surface area contributed by atoms with Crippen molar-refractivity contribution in [3.63, 3.8) is 0 Å². The van der Waals surface area contributed by atoms with Crippen molar-refractivity contribution in [2.45, 2.75) is 91.2 Å². The van der Waals surface area contributed by atoms with E-state index in [1.54, 1.807) is 0 Å². The number of carboxylic acids is 1. The normalized spacial score (nSPS) is 12.2. The number of aliphatic carboxylic acids is 1. The van der Waals surface area contributed by atoms with E-state index in [2.05, 4.69) is 67.7 Å². The van der Waals surface area contributed by atoms with Gasteiger partial charge in [0.1, 0.15) is 11.5 Å². The summed E-state index contributed by atoms with van der Waals surface area (Å²) in [6.45, 7) is 24.2.